The summed E-state index contributed by atoms with van der Waals surface area (Å²) in [7, 11) is 0. The molecule has 0 saturated heterocycles. The summed E-state index contributed by atoms with van der Waals surface area (Å²) in [6.07, 6.45) is 4.02. The van der Waals surface area contributed by atoms with Gasteiger partial charge in [-0.1, -0.05) is 30.3 Å². The van der Waals surface area contributed by atoms with E-state index in [0.717, 1.165) is 10.9 Å². The number of aromatic nitrogens is 3. The second-order valence-electron chi connectivity index (χ2n) is 6.47. The minimum Gasteiger partial charge on any atom is -0.306 e. The summed E-state index contributed by atoms with van der Waals surface area (Å²) in [6.45, 7) is 0. The Labute approximate surface area is 176 Å². The molecule has 0 fully saturated rings. The average Bonchev–Trinajstić information content (AvgIpc) is 3.20. The molecular weight excluding hydrogens is 396 g/mol. The van der Waals surface area contributed by atoms with Crippen molar-refractivity contribution in [3.05, 3.63) is 94.2 Å². The molecule has 0 aliphatic carbocycles. The van der Waals surface area contributed by atoms with Crippen LogP contribution in [0.3, 0.4) is 0 Å². The maximum atomic E-state index is 12.5. The number of hydrogen-bond donors (Lipinski definition) is 1. The van der Waals surface area contributed by atoms with Gasteiger partial charge in [-0.2, -0.15) is 15.0 Å². The van der Waals surface area contributed by atoms with E-state index in [1.54, 1.807) is 12.1 Å². The number of pyridine rings is 1. The highest BCUT2D eigenvalue weighted by molar-refractivity contribution is 6.02. The summed E-state index contributed by atoms with van der Waals surface area (Å²) in [5, 5.41) is 28.1. The Morgan fingerprint density at radius 1 is 1.16 bits per heavy atom. The third-order valence-electron chi connectivity index (χ3n) is 4.44. The fraction of sp³-hybridized carbons (Fsp3) is 0. The molecule has 2 heterocycles. The van der Waals surface area contributed by atoms with Gasteiger partial charge in [-0.3, -0.25) is 14.9 Å². The zero-order valence-corrected chi connectivity index (χ0v) is 16.0. The number of benzene rings is 2. The van der Waals surface area contributed by atoms with Crippen LogP contribution in [0.15, 0.2) is 72.9 Å². The predicted molar refractivity (Wildman–Crippen MR) is 114 cm³/mol. The van der Waals surface area contributed by atoms with Gasteiger partial charge in [0, 0.05) is 23.6 Å². The summed E-state index contributed by atoms with van der Waals surface area (Å²) in [5.74, 6) is 0.0997. The van der Waals surface area contributed by atoms with Crippen molar-refractivity contribution < 1.29 is 9.72 Å². The SMILES string of the molecule is N#Cc1cnn(-c2ccc3ccccc3n2)c1NC(=O)/C=C/c1cccc([N+](=O)[O-])c1. The number of non-ortho nitro benzene ring substituents is 1. The van der Waals surface area contributed by atoms with E-state index in [9.17, 15) is 20.2 Å². The molecule has 2 aromatic heterocycles. The van der Waals surface area contributed by atoms with E-state index in [1.165, 1.54) is 41.2 Å². The number of para-hydroxylation sites is 1. The number of anilines is 1. The van der Waals surface area contributed by atoms with Gasteiger partial charge in [0.25, 0.3) is 5.69 Å². The molecule has 4 rings (SSSR count). The zero-order valence-electron chi connectivity index (χ0n) is 16.0. The van der Waals surface area contributed by atoms with Crippen molar-refractivity contribution in [3.63, 3.8) is 0 Å². The first-order valence-corrected chi connectivity index (χ1v) is 9.13. The lowest BCUT2D eigenvalue weighted by molar-refractivity contribution is -0.384. The van der Waals surface area contributed by atoms with Crippen molar-refractivity contribution >= 4 is 34.4 Å². The number of nitro benzene ring substituents is 1. The van der Waals surface area contributed by atoms with Crippen LogP contribution < -0.4 is 5.32 Å². The zero-order chi connectivity index (χ0) is 21.8. The number of carbonyl (C=O) groups is 1. The minimum atomic E-state index is -0.523. The molecular formula is C22H14N6O3. The Bertz CT molecular complexity index is 1380. The monoisotopic (exact) mass is 410 g/mol. The molecule has 9 nitrogen and oxygen atoms in total. The van der Waals surface area contributed by atoms with Gasteiger partial charge in [0.1, 0.15) is 11.6 Å². The molecule has 4 aromatic rings. The molecule has 2 aromatic carbocycles. The van der Waals surface area contributed by atoms with Crippen LogP contribution in [0.2, 0.25) is 0 Å². The van der Waals surface area contributed by atoms with E-state index < -0.39 is 10.8 Å². The second-order valence-corrected chi connectivity index (χ2v) is 6.47. The van der Waals surface area contributed by atoms with Crippen molar-refractivity contribution in [3.8, 4) is 11.9 Å². The topological polar surface area (TPSA) is 127 Å². The van der Waals surface area contributed by atoms with Crippen molar-refractivity contribution in [1.82, 2.24) is 14.8 Å². The van der Waals surface area contributed by atoms with Crippen LogP contribution >= 0.6 is 0 Å². The Kier molecular flexibility index (Phi) is 5.19. The maximum absolute atomic E-state index is 12.5. The number of hydrogen-bond acceptors (Lipinski definition) is 6. The van der Waals surface area contributed by atoms with Crippen LogP contribution in [0, 0.1) is 21.4 Å². The Morgan fingerprint density at radius 2 is 2.00 bits per heavy atom. The number of nitrogens with one attached hydrogen (secondary N) is 1. The Hall–Kier alpha value is -4.84. The molecule has 150 valence electrons. The molecule has 0 aliphatic heterocycles. The standard InChI is InChI=1S/C22H14N6O3/c23-13-17-14-24-27(20-10-9-16-5-1-2-7-19(16)25-20)22(17)26-21(29)11-8-15-4-3-6-18(12-15)28(30)31/h1-12,14H,(H,26,29)/b11-8+. The molecule has 0 radical (unpaired) electrons. The molecule has 0 atom stereocenters. The van der Waals surface area contributed by atoms with Gasteiger partial charge in [0.2, 0.25) is 5.91 Å². The van der Waals surface area contributed by atoms with Crippen molar-refractivity contribution in [2.45, 2.75) is 0 Å². The third kappa shape index (κ3) is 4.13. The summed E-state index contributed by atoms with van der Waals surface area (Å²) < 4.78 is 1.38. The summed E-state index contributed by atoms with van der Waals surface area (Å²) in [4.78, 5) is 27.4. The molecule has 0 spiro atoms. The number of carbonyl (C=O) groups excluding carboxylic acids is 1. The molecule has 0 unspecified atom stereocenters. The molecule has 1 amide bonds. The minimum absolute atomic E-state index is 0.0743. The largest absolute Gasteiger partial charge is 0.306 e. The highest BCUT2D eigenvalue weighted by Crippen LogP contribution is 2.21. The molecule has 9 heteroatoms. The lowest BCUT2D eigenvalue weighted by Crippen LogP contribution is -2.14. The lowest BCUT2D eigenvalue weighted by atomic mass is 10.2. The molecule has 0 saturated carbocycles. The normalized spacial score (nSPS) is 10.8. The van der Waals surface area contributed by atoms with Gasteiger partial charge in [-0.15, -0.1) is 0 Å². The first kappa shape index (κ1) is 19.5. The highest BCUT2D eigenvalue weighted by Gasteiger charge is 2.15. The fourth-order valence-corrected chi connectivity index (χ4v) is 2.97. The smallest absolute Gasteiger partial charge is 0.270 e. The van der Waals surface area contributed by atoms with Crippen LogP contribution in [-0.4, -0.2) is 25.6 Å². The first-order valence-electron chi connectivity index (χ1n) is 9.13. The van der Waals surface area contributed by atoms with E-state index in [-0.39, 0.29) is 17.1 Å². The number of rotatable bonds is 5. The number of amides is 1. The Morgan fingerprint density at radius 3 is 2.81 bits per heavy atom. The van der Waals surface area contributed by atoms with Crippen molar-refractivity contribution in [1.29, 1.82) is 5.26 Å². The van der Waals surface area contributed by atoms with Gasteiger partial charge in [-0.05, 0) is 29.8 Å². The van der Waals surface area contributed by atoms with Crippen LogP contribution in [0.5, 0.6) is 0 Å². The fourth-order valence-electron chi connectivity index (χ4n) is 2.97. The molecule has 0 aliphatic rings. The molecule has 1 N–H and O–H groups in total. The van der Waals surface area contributed by atoms with Gasteiger partial charge < -0.3 is 5.32 Å². The van der Waals surface area contributed by atoms with Crippen LogP contribution in [-0.2, 0) is 4.79 Å². The van der Waals surface area contributed by atoms with Crippen LogP contribution in [0.4, 0.5) is 11.5 Å². The highest BCUT2D eigenvalue weighted by atomic mass is 16.6. The van der Waals surface area contributed by atoms with E-state index >= 15 is 0 Å². The third-order valence-corrected chi connectivity index (χ3v) is 4.44. The van der Waals surface area contributed by atoms with Crippen molar-refractivity contribution in [2.75, 3.05) is 5.32 Å². The van der Waals surface area contributed by atoms with Gasteiger partial charge in [0.15, 0.2) is 11.6 Å². The molecule has 0 bridgehead atoms. The van der Waals surface area contributed by atoms with E-state index in [2.05, 4.69) is 15.4 Å². The number of nitriles is 1. The quantitative estimate of drug-likeness (QED) is 0.302. The van der Waals surface area contributed by atoms with E-state index in [1.807, 2.05) is 36.4 Å². The number of nitrogens with zero attached hydrogens (tertiary/aromatic N) is 5. The average molecular weight is 410 g/mol. The van der Waals surface area contributed by atoms with Gasteiger partial charge >= 0.3 is 0 Å². The van der Waals surface area contributed by atoms with Gasteiger partial charge in [0.05, 0.1) is 16.6 Å². The Balaban J connectivity index is 1.61. The summed E-state index contributed by atoms with van der Waals surface area (Å²) >= 11 is 0. The first-order chi connectivity index (χ1) is 15.0. The predicted octanol–water partition coefficient (Wildman–Crippen LogP) is 3.85. The van der Waals surface area contributed by atoms with E-state index in [0.29, 0.717) is 11.4 Å². The number of nitro groups is 1. The molecule has 31 heavy (non-hydrogen) atoms. The van der Waals surface area contributed by atoms with Crippen molar-refractivity contribution in [2.24, 2.45) is 0 Å². The van der Waals surface area contributed by atoms with Crippen LogP contribution in [0.1, 0.15) is 11.1 Å². The summed E-state index contributed by atoms with van der Waals surface area (Å²) in [6, 6.07) is 19.1. The lowest BCUT2D eigenvalue weighted by Gasteiger charge is -2.08. The summed E-state index contributed by atoms with van der Waals surface area (Å²) in [5.41, 5.74) is 1.34. The maximum Gasteiger partial charge on any atom is 0.270 e. The number of fused-ring (bicyclic) bond motifs is 1. The van der Waals surface area contributed by atoms with Gasteiger partial charge in [-0.25, -0.2) is 4.98 Å². The second kappa shape index (κ2) is 8.26. The van der Waals surface area contributed by atoms with Crippen LogP contribution in [0.25, 0.3) is 22.8 Å². The van der Waals surface area contributed by atoms with E-state index in [4.69, 9.17) is 0 Å².